The van der Waals surface area contributed by atoms with Crippen molar-refractivity contribution < 1.29 is 18.9 Å². The number of hydrogen-bond acceptors (Lipinski definition) is 5. The summed E-state index contributed by atoms with van der Waals surface area (Å²) in [6, 6.07) is 7.14. The van der Waals surface area contributed by atoms with Gasteiger partial charge in [-0.25, -0.2) is 0 Å². The maximum absolute atomic E-state index is 11.9. The van der Waals surface area contributed by atoms with Crippen molar-refractivity contribution in [3.05, 3.63) is 52.0 Å². The second-order valence-corrected chi connectivity index (χ2v) is 4.01. The number of nitrogens with one attached hydrogen (secondary N) is 1. The van der Waals surface area contributed by atoms with Crippen LogP contribution >= 0.6 is 0 Å². The first-order valence-electron chi connectivity index (χ1n) is 5.71. The quantitative estimate of drug-likeness (QED) is 0.684. The molecule has 20 heavy (non-hydrogen) atoms. The third-order valence-corrected chi connectivity index (χ3v) is 2.61. The molecule has 1 N–H and O–H groups in total. The van der Waals surface area contributed by atoms with E-state index in [2.05, 4.69) is 5.32 Å². The zero-order chi connectivity index (χ0) is 14.7. The first kappa shape index (κ1) is 13.6. The van der Waals surface area contributed by atoms with Crippen LogP contribution in [0.3, 0.4) is 0 Å². The van der Waals surface area contributed by atoms with Crippen molar-refractivity contribution in [3.63, 3.8) is 0 Å². The Kier molecular flexibility index (Phi) is 3.69. The number of methoxy groups -OCH3 is 1. The molecule has 0 radical (unpaired) electrons. The molecule has 7 heteroatoms. The predicted octanol–water partition coefficient (Wildman–Crippen LogP) is 2.76. The Bertz CT molecular complexity index is 663. The topological polar surface area (TPSA) is 94.6 Å². The second kappa shape index (κ2) is 5.43. The van der Waals surface area contributed by atoms with Crippen molar-refractivity contribution in [3.8, 4) is 5.75 Å². The van der Waals surface area contributed by atoms with Gasteiger partial charge in [0, 0.05) is 6.07 Å². The first-order chi connectivity index (χ1) is 9.51. The molecule has 0 saturated carbocycles. The van der Waals surface area contributed by atoms with Crippen molar-refractivity contribution in [2.75, 3.05) is 12.4 Å². The van der Waals surface area contributed by atoms with Crippen LogP contribution in [0, 0.1) is 17.0 Å². The predicted molar refractivity (Wildman–Crippen MR) is 71.0 cm³/mol. The van der Waals surface area contributed by atoms with E-state index in [9.17, 15) is 14.9 Å². The number of rotatable bonds is 4. The molecule has 1 aromatic heterocycles. The van der Waals surface area contributed by atoms with Crippen molar-refractivity contribution in [2.45, 2.75) is 6.92 Å². The molecular weight excluding hydrogens is 264 g/mol. The van der Waals surface area contributed by atoms with E-state index in [1.54, 1.807) is 19.1 Å². The molecule has 2 aromatic rings. The number of hydrogen-bond donors (Lipinski definition) is 1. The first-order valence-corrected chi connectivity index (χ1v) is 5.71. The van der Waals surface area contributed by atoms with Gasteiger partial charge in [0.05, 0.1) is 23.8 Å². The van der Waals surface area contributed by atoms with Crippen LogP contribution in [0.2, 0.25) is 0 Å². The zero-order valence-electron chi connectivity index (χ0n) is 10.9. The van der Waals surface area contributed by atoms with Gasteiger partial charge in [0.15, 0.2) is 5.76 Å². The van der Waals surface area contributed by atoms with E-state index < -0.39 is 10.8 Å². The lowest BCUT2D eigenvalue weighted by Gasteiger charge is -2.08. The van der Waals surface area contributed by atoms with Crippen LogP contribution in [0.1, 0.15) is 16.3 Å². The monoisotopic (exact) mass is 276 g/mol. The minimum absolute atomic E-state index is 0.117. The van der Waals surface area contributed by atoms with Gasteiger partial charge in [0.2, 0.25) is 0 Å². The Morgan fingerprint density at radius 1 is 1.35 bits per heavy atom. The van der Waals surface area contributed by atoms with Gasteiger partial charge in [0.1, 0.15) is 11.5 Å². The summed E-state index contributed by atoms with van der Waals surface area (Å²) in [5, 5.41) is 13.3. The van der Waals surface area contributed by atoms with Crippen LogP contribution in [0.25, 0.3) is 0 Å². The van der Waals surface area contributed by atoms with Crippen LogP contribution in [0.4, 0.5) is 11.4 Å². The largest absolute Gasteiger partial charge is 0.494 e. The number of nitro groups is 1. The molecule has 0 fully saturated rings. The highest BCUT2D eigenvalue weighted by molar-refractivity contribution is 6.03. The molecule has 1 heterocycles. The van der Waals surface area contributed by atoms with Crippen molar-refractivity contribution in [2.24, 2.45) is 0 Å². The standard InChI is InChI=1S/C13H12N2O5/c1-8-3-6-11(20-8)13(16)14-10-5-4-9(15(17)18)7-12(10)19-2/h3-7H,1-2H3,(H,14,16). The van der Waals surface area contributed by atoms with E-state index in [4.69, 9.17) is 9.15 Å². The summed E-state index contributed by atoms with van der Waals surface area (Å²) in [5.41, 5.74) is 0.214. The molecule has 0 unspecified atom stereocenters. The van der Waals surface area contributed by atoms with Gasteiger partial charge in [-0.2, -0.15) is 0 Å². The molecule has 1 amide bonds. The highest BCUT2D eigenvalue weighted by Crippen LogP contribution is 2.29. The second-order valence-electron chi connectivity index (χ2n) is 4.01. The molecule has 0 spiro atoms. The SMILES string of the molecule is COc1cc([N+](=O)[O-])ccc1NC(=O)c1ccc(C)o1. The van der Waals surface area contributed by atoms with E-state index in [1.165, 1.54) is 25.3 Å². The van der Waals surface area contributed by atoms with E-state index in [-0.39, 0.29) is 17.2 Å². The molecule has 1 aromatic carbocycles. The fourth-order valence-electron chi connectivity index (χ4n) is 1.64. The third-order valence-electron chi connectivity index (χ3n) is 2.61. The van der Waals surface area contributed by atoms with E-state index in [0.717, 1.165) is 0 Å². The number of nitrogens with zero attached hydrogens (tertiary/aromatic N) is 1. The number of furan rings is 1. The van der Waals surface area contributed by atoms with E-state index in [1.807, 2.05) is 0 Å². The average molecular weight is 276 g/mol. The van der Waals surface area contributed by atoms with Crippen molar-refractivity contribution in [1.82, 2.24) is 0 Å². The van der Waals surface area contributed by atoms with Gasteiger partial charge in [-0.1, -0.05) is 0 Å². The van der Waals surface area contributed by atoms with Gasteiger partial charge >= 0.3 is 0 Å². The van der Waals surface area contributed by atoms with Gasteiger partial charge in [-0.05, 0) is 25.1 Å². The van der Waals surface area contributed by atoms with Crippen LogP contribution in [-0.4, -0.2) is 17.9 Å². The number of anilines is 1. The highest BCUT2D eigenvalue weighted by Gasteiger charge is 2.15. The molecule has 0 atom stereocenters. The molecule has 7 nitrogen and oxygen atoms in total. The maximum Gasteiger partial charge on any atom is 0.291 e. The zero-order valence-corrected chi connectivity index (χ0v) is 10.9. The lowest BCUT2D eigenvalue weighted by Crippen LogP contribution is -2.11. The minimum atomic E-state index is -0.538. The van der Waals surface area contributed by atoms with E-state index in [0.29, 0.717) is 11.4 Å². The Morgan fingerprint density at radius 3 is 2.65 bits per heavy atom. The Balaban J connectivity index is 2.25. The summed E-state index contributed by atoms with van der Waals surface area (Å²) < 4.78 is 10.2. The molecule has 2 rings (SSSR count). The van der Waals surface area contributed by atoms with Crippen LogP contribution in [0.15, 0.2) is 34.7 Å². The average Bonchev–Trinajstić information content (AvgIpc) is 2.85. The summed E-state index contributed by atoms with van der Waals surface area (Å²) in [6.45, 7) is 1.73. The molecule has 0 saturated heterocycles. The molecule has 0 aliphatic heterocycles. The van der Waals surface area contributed by atoms with Crippen LogP contribution in [-0.2, 0) is 0 Å². The van der Waals surface area contributed by atoms with Crippen molar-refractivity contribution in [1.29, 1.82) is 0 Å². The number of ether oxygens (including phenoxy) is 1. The molecular formula is C13H12N2O5. The fraction of sp³-hybridized carbons (Fsp3) is 0.154. The summed E-state index contributed by atoms with van der Waals surface area (Å²) >= 11 is 0. The Morgan fingerprint density at radius 2 is 2.10 bits per heavy atom. The molecule has 0 aliphatic rings. The highest BCUT2D eigenvalue weighted by atomic mass is 16.6. The Hall–Kier alpha value is -2.83. The number of aryl methyl sites for hydroxylation is 1. The number of nitro benzene ring substituents is 1. The molecule has 0 bridgehead atoms. The maximum atomic E-state index is 11.9. The minimum Gasteiger partial charge on any atom is -0.494 e. The van der Waals surface area contributed by atoms with Crippen LogP contribution < -0.4 is 10.1 Å². The van der Waals surface area contributed by atoms with Crippen LogP contribution in [0.5, 0.6) is 5.75 Å². The number of carbonyl (C=O) groups is 1. The number of benzene rings is 1. The number of carbonyl (C=O) groups excluding carboxylic acids is 1. The summed E-state index contributed by atoms with van der Waals surface area (Å²) in [6.07, 6.45) is 0. The number of amides is 1. The van der Waals surface area contributed by atoms with Gasteiger partial charge in [0.25, 0.3) is 11.6 Å². The Labute approximate surface area is 114 Å². The molecule has 104 valence electrons. The van der Waals surface area contributed by atoms with Gasteiger partial charge < -0.3 is 14.5 Å². The fourth-order valence-corrected chi connectivity index (χ4v) is 1.64. The van der Waals surface area contributed by atoms with Crippen molar-refractivity contribution >= 4 is 17.3 Å². The third kappa shape index (κ3) is 2.77. The summed E-state index contributed by atoms with van der Waals surface area (Å²) in [7, 11) is 1.37. The lowest BCUT2D eigenvalue weighted by atomic mass is 10.2. The number of non-ortho nitro benzene ring substituents is 1. The summed E-state index contributed by atoms with van der Waals surface area (Å²) in [4.78, 5) is 22.1. The normalized spacial score (nSPS) is 10.1. The van der Waals surface area contributed by atoms with E-state index >= 15 is 0 Å². The lowest BCUT2D eigenvalue weighted by molar-refractivity contribution is -0.384. The smallest absolute Gasteiger partial charge is 0.291 e. The van der Waals surface area contributed by atoms with Gasteiger partial charge in [-0.15, -0.1) is 0 Å². The van der Waals surface area contributed by atoms with Gasteiger partial charge in [-0.3, -0.25) is 14.9 Å². The summed E-state index contributed by atoms with van der Waals surface area (Å²) in [5.74, 6) is 0.523. The molecule has 0 aliphatic carbocycles.